The standard InChI is InChI=1S/C9H11Cl2NO.ClH/c1-13-9-6(4-5-12)7(10)2-3-8(9)11;/h2-3H,4-5,12H2,1H3;1H. The van der Waals surface area contributed by atoms with E-state index in [1.807, 2.05) is 0 Å². The number of methoxy groups -OCH3 is 1. The van der Waals surface area contributed by atoms with Gasteiger partial charge in [-0.3, -0.25) is 0 Å². The van der Waals surface area contributed by atoms with E-state index in [1.165, 1.54) is 0 Å². The molecule has 1 aromatic rings. The first-order chi connectivity index (χ1) is 6.20. The summed E-state index contributed by atoms with van der Waals surface area (Å²) in [5, 5.41) is 1.21. The number of hydrogen-bond donors (Lipinski definition) is 1. The van der Waals surface area contributed by atoms with Crippen LogP contribution in [-0.2, 0) is 6.42 Å². The molecule has 0 saturated carbocycles. The summed E-state index contributed by atoms with van der Waals surface area (Å²) in [6.45, 7) is 0.524. The van der Waals surface area contributed by atoms with Crippen LogP contribution in [0.3, 0.4) is 0 Å². The Morgan fingerprint density at radius 2 is 1.86 bits per heavy atom. The average Bonchev–Trinajstić information content (AvgIpc) is 2.12. The zero-order chi connectivity index (χ0) is 9.84. The van der Waals surface area contributed by atoms with Gasteiger partial charge in [-0.2, -0.15) is 0 Å². The summed E-state index contributed by atoms with van der Waals surface area (Å²) in [5.41, 5.74) is 6.32. The van der Waals surface area contributed by atoms with Crippen LogP contribution in [0, 0.1) is 0 Å². The predicted molar refractivity (Wildman–Crippen MR) is 63.0 cm³/mol. The maximum absolute atomic E-state index is 5.96. The normalized spacial score (nSPS) is 9.43. The summed E-state index contributed by atoms with van der Waals surface area (Å²) in [6.07, 6.45) is 0.669. The van der Waals surface area contributed by atoms with Gasteiger partial charge in [-0.05, 0) is 25.1 Å². The van der Waals surface area contributed by atoms with Crippen molar-refractivity contribution in [2.24, 2.45) is 5.73 Å². The van der Waals surface area contributed by atoms with Gasteiger partial charge in [-0.15, -0.1) is 12.4 Å². The van der Waals surface area contributed by atoms with Crippen molar-refractivity contribution in [3.63, 3.8) is 0 Å². The van der Waals surface area contributed by atoms with E-state index >= 15 is 0 Å². The highest BCUT2D eigenvalue weighted by molar-refractivity contribution is 6.34. The summed E-state index contributed by atoms with van der Waals surface area (Å²) in [7, 11) is 1.57. The molecule has 0 amide bonds. The number of hydrogen-bond acceptors (Lipinski definition) is 2. The molecule has 0 saturated heterocycles. The lowest BCUT2D eigenvalue weighted by atomic mass is 10.1. The van der Waals surface area contributed by atoms with Crippen molar-refractivity contribution in [2.45, 2.75) is 6.42 Å². The second-order valence-electron chi connectivity index (χ2n) is 2.58. The van der Waals surface area contributed by atoms with Crippen LogP contribution in [0.2, 0.25) is 10.0 Å². The first-order valence-corrected chi connectivity index (χ1v) is 4.67. The van der Waals surface area contributed by atoms with Crippen LogP contribution in [0.15, 0.2) is 12.1 Å². The maximum Gasteiger partial charge on any atom is 0.142 e. The summed E-state index contributed by atoms with van der Waals surface area (Å²) >= 11 is 11.9. The van der Waals surface area contributed by atoms with Crippen LogP contribution < -0.4 is 10.5 Å². The summed E-state index contributed by atoms with van der Waals surface area (Å²) in [6, 6.07) is 3.46. The smallest absolute Gasteiger partial charge is 0.142 e. The lowest BCUT2D eigenvalue weighted by molar-refractivity contribution is 0.410. The molecule has 2 nitrogen and oxygen atoms in total. The number of rotatable bonds is 3. The Bertz CT molecular complexity index is 304. The van der Waals surface area contributed by atoms with E-state index in [9.17, 15) is 0 Å². The second-order valence-corrected chi connectivity index (χ2v) is 3.39. The third-order valence-electron chi connectivity index (χ3n) is 1.75. The molecule has 80 valence electrons. The fourth-order valence-electron chi connectivity index (χ4n) is 1.17. The molecule has 1 aromatic carbocycles. The molecule has 0 heterocycles. The monoisotopic (exact) mass is 255 g/mol. The Morgan fingerprint density at radius 1 is 1.29 bits per heavy atom. The minimum absolute atomic E-state index is 0. The van der Waals surface area contributed by atoms with Crippen LogP contribution in [0.5, 0.6) is 5.75 Å². The number of ether oxygens (including phenoxy) is 1. The van der Waals surface area contributed by atoms with Crippen LogP contribution in [0.1, 0.15) is 5.56 Å². The Morgan fingerprint density at radius 3 is 2.36 bits per heavy atom. The van der Waals surface area contributed by atoms with Gasteiger partial charge < -0.3 is 10.5 Å². The fraction of sp³-hybridized carbons (Fsp3) is 0.333. The molecular formula is C9H12Cl3NO. The lowest BCUT2D eigenvalue weighted by Crippen LogP contribution is -2.05. The van der Waals surface area contributed by atoms with Gasteiger partial charge in [0.05, 0.1) is 12.1 Å². The summed E-state index contributed by atoms with van der Waals surface area (Å²) in [5.74, 6) is 0.625. The number of halogens is 3. The van der Waals surface area contributed by atoms with Crippen molar-refractivity contribution in [1.82, 2.24) is 0 Å². The van der Waals surface area contributed by atoms with E-state index in [0.717, 1.165) is 5.56 Å². The molecule has 2 N–H and O–H groups in total. The van der Waals surface area contributed by atoms with Crippen molar-refractivity contribution in [3.8, 4) is 5.75 Å². The van der Waals surface area contributed by atoms with Crippen molar-refractivity contribution < 1.29 is 4.74 Å². The molecule has 14 heavy (non-hydrogen) atoms. The maximum atomic E-state index is 5.96. The van der Waals surface area contributed by atoms with E-state index < -0.39 is 0 Å². The van der Waals surface area contributed by atoms with E-state index in [2.05, 4.69) is 0 Å². The van der Waals surface area contributed by atoms with Gasteiger partial charge in [0, 0.05) is 10.6 Å². The predicted octanol–water partition coefficient (Wildman–Crippen LogP) is 2.93. The quantitative estimate of drug-likeness (QED) is 0.902. The molecular weight excluding hydrogens is 244 g/mol. The highest BCUT2D eigenvalue weighted by Gasteiger charge is 2.10. The van der Waals surface area contributed by atoms with Gasteiger partial charge in [0.25, 0.3) is 0 Å². The van der Waals surface area contributed by atoms with Crippen molar-refractivity contribution in [3.05, 3.63) is 27.7 Å². The minimum Gasteiger partial charge on any atom is -0.495 e. The molecule has 0 atom stereocenters. The summed E-state index contributed by atoms with van der Waals surface area (Å²) < 4.78 is 5.14. The van der Waals surface area contributed by atoms with Crippen molar-refractivity contribution in [1.29, 1.82) is 0 Å². The third kappa shape index (κ3) is 2.92. The number of benzene rings is 1. The van der Waals surface area contributed by atoms with E-state index in [1.54, 1.807) is 19.2 Å². The Labute approximate surface area is 99.7 Å². The highest BCUT2D eigenvalue weighted by atomic mass is 35.5. The first-order valence-electron chi connectivity index (χ1n) is 3.91. The van der Waals surface area contributed by atoms with E-state index in [4.69, 9.17) is 33.7 Å². The van der Waals surface area contributed by atoms with Crippen LogP contribution in [-0.4, -0.2) is 13.7 Å². The van der Waals surface area contributed by atoms with Gasteiger partial charge in [0.1, 0.15) is 5.75 Å². The van der Waals surface area contributed by atoms with Crippen molar-refractivity contribution >= 4 is 35.6 Å². The van der Waals surface area contributed by atoms with Gasteiger partial charge >= 0.3 is 0 Å². The Balaban J connectivity index is 0.00000169. The zero-order valence-electron chi connectivity index (χ0n) is 7.72. The molecule has 0 aliphatic rings. The van der Waals surface area contributed by atoms with Crippen LogP contribution >= 0.6 is 35.6 Å². The SMILES string of the molecule is COc1c(Cl)ccc(Cl)c1CCN.Cl. The topological polar surface area (TPSA) is 35.2 Å². The van der Waals surface area contributed by atoms with Crippen LogP contribution in [0.25, 0.3) is 0 Å². The highest BCUT2D eigenvalue weighted by Crippen LogP contribution is 2.33. The largest absolute Gasteiger partial charge is 0.495 e. The molecule has 1 rings (SSSR count). The Kier molecular flexibility index (Phi) is 6.29. The van der Waals surface area contributed by atoms with Gasteiger partial charge in [0.15, 0.2) is 0 Å². The molecule has 5 heteroatoms. The van der Waals surface area contributed by atoms with Crippen LogP contribution in [0.4, 0.5) is 0 Å². The van der Waals surface area contributed by atoms with Gasteiger partial charge in [-0.25, -0.2) is 0 Å². The molecule has 0 unspecified atom stereocenters. The zero-order valence-corrected chi connectivity index (χ0v) is 10.0. The fourth-order valence-corrected chi connectivity index (χ4v) is 1.67. The lowest BCUT2D eigenvalue weighted by Gasteiger charge is -2.10. The van der Waals surface area contributed by atoms with E-state index in [0.29, 0.717) is 28.8 Å². The molecule has 0 aromatic heterocycles. The van der Waals surface area contributed by atoms with Gasteiger partial charge in [-0.1, -0.05) is 23.2 Å². The first kappa shape index (κ1) is 13.8. The molecule has 0 aliphatic heterocycles. The van der Waals surface area contributed by atoms with Gasteiger partial charge in [0.2, 0.25) is 0 Å². The molecule has 0 aliphatic carbocycles. The second kappa shape index (κ2) is 6.36. The number of nitrogens with two attached hydrogens (primary N) is 1. The third-order valence-corrected chi connectivity index (χ3v) is 2.41. The van der Waals surface area contributed by atoms with Crippen molar-refractivity contribution in [2.75, 3.05) is 13.7 Å². The summed E-state index contributed by atoms with van der Waals surface area (Å²) in [4.78, 5) is 0. The molecule has 0 bridgehead atoms. The van der Waals surface area contributed by atoms with E-state index in [-0.39, 0.29) is 12.4 Å². The molecule has 0 radical (unpaired) electrons. The minimum atomic E-state index is 0. The average molecular weight is 257 g/mol. The Hall–Kier alpha value is -0.150. The molecule has 0 spiro atoms. The molecule has 0 fully saturated rings.